The van der Waals surface area contributed by atoms with E-state index in [1.165, 1.54) is 31.6 Å². The van der Waals surface area contributed by atoms with E-state index in [-0.39, 0.29) is 10.6 Å². The van der Waals surface area contributed by atoms with Crippen LogP contribution in [-0.2, 0) is 10.0 Å². The second-order valence-corrected chi connectivity index (χ2v) is 7.46. The SMILES string of the molecule is COc1ccc(OC)c(S(=O)(=O)Nc2cccnc2-c2ccsc2)c1. The summed E-state index contributed by atoms with van der Waals surface area (Å²) in [6, 6.07) is 9.84. The number of hydrogen-bond acceptors (Lipinski definition) is 6. The minimum Gasteiger partial charge on any atom is -0.497 e. The van der Waals surface area contributed by atoms with Crippen molar-refractivity contribution in [3.63, 3.8) is 0 Å². The molecule has 3 aromatic rings. The third-order valence-corrected chi connectivity index (χ3v) is 5.58. The molecule has 1 aromatic carbocycles. The highest BCUT2D eigenvalue weighted by molar-refractivity contribution is 7.92. The summed E-state index contributed by atoms with van der Waals surface area (Å²) in [5, 5.41) is 3.82. The second kappa shape index (κ2) is 7.12. The molecule has 130 valence electrons. The number of rotatable bonds is 6. The fourth-order valence-electron chi connectivity index (χ4n) is 2.31. The smallest absolute Gasteiger partial charge is 0.265 e. The third kappa shape index (κ3) is 3.59. The molecule has 0 saturated heterocycles. The summed E-state index contributed by atoms with van der Waals surface area (Å²) in [5.41, 5.74) is 1.81. The van der Waals surface area contributed by atoms with Gasteiger partial charge >= 0.3 is 0 Å². The zero-order valence-corrected chi connectivity index (χ0v) is 15.2. The molecule has 0 amide bonds. The van der Waals surface area contributed by atoms with Crippen LogP contribution in [0.1, 0.15) is 0 Å². The van der Waals surface area contributed by atoms with Crippen LogP contribution in [-0.4, -0.2) is 27.6 Å². The van der Waals surface area contributed by atoms with Gasteiger partial charge in [-0.3, -0.25) is 9.71 Å². The molecule has 25 heavy (non-hydrogen) atoms. The van der Waals surface area contributed by atoms with Gasteiger partial charge in [0.05, 0.1) is 25.6 Å². The topological polar surface area (TPSA) is 77.5 Å². The number of aromatic nitrogens is 1. The highest BCUT2D eigenvalue weighted by atomic mass is 32.2. The van der Waals surface area contributed by atoms with Crippen molar-refractivity contribution in [2.24, 2.45) is 0 Å². The van der Waals surface area contributed by atoms with Gasteiger partial charge in [0.2, 0.25) is 0 Å². The number of sulfonamides is 1. The first-order valence-corrected chi connectivity index (χ1v) is 9.70. The van der Waals surface area contributed by atoms with E-state index in [4.69, 9.17) is 9.47 Å². The number of nitrogens with one attached hydrogen (secondary N) is 1. The van der Waals surface area contributed by atoms with Gasteiger partial charge in [0.1, 0.15) is 16.4 Å². The fraction of sp³-hybridized carbons (Fsp3) is 0.118. The summed E-state index contributed by atoms with van der Waals surface area (Å²) in [7, 11) is -1.00. The van der Waals surface area contributed by atoms with Gasteiger partial charge in [-0.1, -0.05) is 0 Å². The van der Waals surface area contributed by atoms with E-state index in [1.807, 2.05) is 16.8 Å². The molecule has 3 rings (SSSR count). The Morgan fingerprint density at radius 3 is 2.64 bits per heavy atom. The standard InChI is InChI=1S/C17H16N2O4S2/c1-22-13-5-6-15(23-2)16(10-13)25(20,21)19-14-4-3-8-18-17(14)12-7-9-24-11-12/h3-11,19H,1-2H3. The molecule has 0 radical (unpaired) electrons. The molecule has 6 nitrogen and oxygen atoms in total. The average Bonchev–Trinajstić information content (AvgIpc) is 3.15. The highest BCUT2D eigenvalue weighted by Crippen LogP contribution is 2.32. The van der Waals surface area contributed by atoms with E-state index < -0.39 is 10.0 Å². The Kier molecular flexibility index (Phi) is 4.91. The zero-order chi connectivity index (χ0) is 17.9. The highest BCUT2D eigenvalue weighted by Gasteiger charge is 2.22. The molecular weight excluding hydrogens is 360 g/mol. The zero-order valence-electron chi connectivity index (χ0n) is 13.6. The first kappa shape index (κ1) is 17.2. The first-order chi connectivity index (χ1) is 12.0. The van der Waals surface area contributed by atoms with E-state index in [9.17, 15) is 8.42 Å². The quantitative estimate of drug-likeness (QED) is 0.711. The van der Waals surface area contributed by atoms with Crippen molar-refractivity contribution in [2.45, 2.75) is 4.90 Å². The number of benzene rings is 1. The minimum atomic E-state index is -3.89. The molecular formula is C17H16N2O4S2. The number of hydrogen-bond donors (Lipinski definition) is 1. The van der Waals surface area contributed by atoms with Crippen molar-refractivity contribution in [2.75, 3.05) is 18.9 Å². The predicted octanol–water partition coefficient (Wildman–Crippen LogP) is 3.63. The van der Waals surface area contributed by atoms with E-state index in [0.29, 0.717) is 17.1 Å². The van der Waals surface area contributed by atoms with Crippen LogP contribution in [0.4, 0.5) is 5.69 Å². The van der Waals surface area contributed by atoms with Crippen LogP contribution >= 0.6 is 11.3 Å². The maximum Gasteiger partial charge on any atom is 0.265 e. The Morgan fingerprint density at radius 2 is 1.96 bits per heavy atom. The molecule has 0 aliphatic heterocycles. The predicted molar refractivity (Wildman–Crippen MR) is 97.9 cm³/mol. The Balaban J connectivity index is 2.04. The monoisotopic (exact) mass is 376 g/mol. The first-order valence-electron chi connectivity index (χ1n) is 7.27. The lowest BCUT2D eigenvalue weighted by Crippen LogP contribution is -2.15. The maximum atomic E-state index is 12.9. The summed E-state index contributed by atoms with van der Waals surface area (Å²) in [5.74, 6) is 0.652. The van der Waals surface area contributed by atoms with Gasteiger partial charge in [0.25, 0.3) is 10.0 Å². The maximum absolute atomic E-state index is 12.9. The van der Waals surface area contributed by atoms with Crippen molar-refractivity contribution in [1.29, 1.82) is 0 Å². The van der Waals surface area contributed by atoms with Gasteiger partial charge < -0.3 is 9.47 Å². The summed E-state index contributed by atoms with van der Waals surface area (Å²) in [6.07, 6.45) is 1.62. The van der Waals surface area contributed by atoms with E-state index in [2.05, 4.69) is 9.71 Å². The minimum absolute atomic E-state index is 0.00512. The lowest BCUT2D eigenvalue weighted by molar-refractivity contribution is 0.392. The molecule has 0 fully saturated rings. The van der Waals surface area contributed by atoms with Crippen LogP contribution in [0.15, 0.2) is 58.3 Å². The summed E-state index contributed by atoms with van der Waals surface area (Å²) in [6.45, 7) is 0. The lowest BCUT2D eigenvalue weighted by atomic mass is 10.2. The van der Waals surface area contributed by atoms with E-state index in [0.717, 1.165) is 5.56 Å². The molecule has 8 heteroatoms. The van der Waals surface area contributed by atoms with Crippen molar-refractivity contribution in [3.8, 4) is 22.8 Å². The number of pyridine rings is 1. The van der Waals surface area contributed by atoms with Gasteiger partial charge in [-0.15, -0.1) is 0 Å². The van der Waals surface area contributed by atoms with Gasteiger partial charge in [-0.2, -0.15) is 11.3 Å². The number of nitrogens with zero attached hydrogens (tertiary/aromatic N) is 1. The van der Waals surface area contributed by atoms with Crippen molar-refractivity contribution in [1.82, 2.24) is 4.98 Å². The molecule has 0 unspecified atom stereocenters. The van der Waals surface area contributed by atoms with Gasteiger partial charge in [0.15, 0.2) is 0 Å². The van der Waals surface area contributed by atoms with Crippen LogP contribution in [0.2, 0.25) is 0 Å². The fourth-order valence-corrected chi connectivity index (χ4v) is 4.20. The largest absolute Gasteiger partial charge is 0.497 e. The van der Waals surface area contributed by atoms with Crippen molar-refractivity contribution in [3.05, 3.63) is 53.4 Å². The van der Waals surface area contributed by atoms with E-state index >= 15 is 0 Å². The van der Waals surface area contributed by atoms with Crippen LogP contribution in [0.3, 0.4) is 0 Å². The Morgan fingerprint density at radius 1 is 1.12 bits per heavy atom. The van der Waals surface area contributed by atoms with Crippen LogP contribution < -0.4 is 14.2 Å². The molecule has 2 aromatic heterocycles. The lowest BCUT2D eigenvalue weighted by Gasteiger charge is -2.14. The molecule has 1 N–H and O–H groups in total. The summed E-state index contributed by atoms with van der Waals surface area (Å²) >= 11 is 1.51. The van der Waals surface area contributed by atoms with Gasteiger partial charge in [-0.05, 0) is 35.7 Å². The van der Waals surface area contributed by atoms with Crippen LogP contribution in [0.25, 0.3) is 11.3 Å². The number of anilines is 1. The normalized spacial score (nSPS) is 11.1. The molecule has 2 heterocycles. The van der Waals surface area contributed by atoms with Crippen molar-refractivity contribution >= 4 is 27.0 Å². The molecule has 0 spiro atoms. The molecule has 0 bridgehead atoms. The Hall–Kier alpha value is -2.58. The van der Waals surface area contributed by atoms with E-state index in [1.54, 1.807) is 30.5 Å². The second-order valence-electron chi connectivity index (χ2n) is 5.03. The molecule has 0 aliphatic carbocycles. The van der Waals surface area contributed by atoms with Gasteiger partial charge in [-0.25, -0.2) is 8.42 Å². The van der Waals surface area contributed by atoms with Crippen molar-refractivity contribution < 1.29 is 17.9 Å². The molecule has 0 atom stereocenters. The van der Waals surface area contributed by atoms with Crippen LogP contribution in [0.5, 0.6) is 11.5 Å². The molecule has 0 saturated carbocycles. The molecule has 0 aliphatic rings. The third-order valence-electron chi connectivity index (χ3n) is 3.51. The summed E-state index contributed by atoms with van der Waals surface area (Å²) in [4.78, 5) is 4.29. The Labute approximate surface area is 150 Å². The van der Waals surface area contributed by atoms with Crippen LogP contribution in [0, 0.1) is 0 Å². The van der Waals surface area contributed by atoms with Gasteiger partial charge in [0, 0.05) is 23.2 Å². The Bertz CT molecular complexity index is 970. The number of methoxy groups -OCH3 is 2. The average molecular weight is 376 g/mol. The number of thiophene rings is 1. The number of ether oxygens (including phenoxy) is 2. The summed E-state index contributed by atoms with van der Waals surface area (Å²) < 4.78 is 38.7.